The Labute approximate surface area is 148 Å². The van der Waals surface area contributed by atoms with E-state index in [0.717, 1.165) is 45.3 Å². The van der Waals surface area contributed by atoms with Gasteiger partial charge in [0, 0.05) is 19.5 Å². The second-order valence-electron chi connectivity index (χ2n) is 7.08. The Morgan fingerprint density at radius 3 is 2.56 bits per heavy atom. The lowest BCUT2D eigenvalue weighted by atomic mass is 9.85. The Bertz CT molecular complexity index is 585. The lowest BCUT2D eigenvalue weighted by Gasteiger charge is -2.38. The van der Waals surface area contributed by atoms with E-state index in [4.69, 9.17) is 5.21 Å². The van der Waals surface area contributed by atoms with Crippen LogP contribution in [-0.2, 0) is 9.59 Å². The largest absolute Gasteiger partial charge is 0.341 e. The summed E-state index contributed by atoms with van der Waals surface area (Å²) in [7, 11) is 0. The molecule has 3 N–H and O–H groups in total. The zero-order valence-electron chi connectivity index (χ0n) is 14.5. The molecule has 2 heterocycles. The average Bonchev–Trinajstić information content (AvgIpc) is 2.68. The van der Waals surface area contributed by atoms with Crippen molar-refractivity contribution in [3.8, 4) is 0 Å². The van der Waals surface area contributed by atoms with E-state index < -0.39 is 5.91 Å². The van der Waals surface area contributed by atoms with Crippen molar-refractivity contribution in [1.29, 1.82) is 0 Å². The molecule has 136 valence electrons. The van der Waals surface area contributed by atoms with Crippen LogP contribution in [0.3, 0.4) is 0 Å². The summed E-state index contributed by atoms with van der Waals surface area (Å²) in [6, 6.07) is 10.2. The van der Waals surface area contributed by atoms with Crippen molar-refractivity contribution < 1.29 is 14.8 Å². The van der Waals surface area contributed by atoms with Gasteiger partial charge in [0.05, 0.1) is 6.04 Å². The van der Waals surface area contributed by atoms with E-state index in [1.807, 2.05) is 11.0 Å². The van der Waals surface area contributed by atoms with Gasteiger partial charge in [0.2, 0.25) is 11.8 Å². The van der Waals surface area contributed by atoms with Crippen molar-refractivity contribution in [3.05, 3.63) is 35.9 Å². The fourth-order valence-corrected chi connectivity index (χ4v) is 4.10. The van der Waals surface area contributed by atoms with Crippen molar-refractivity contribution in [1.82, 2.24) is 15.7 Å². The van der Waals surface area contributed by atoms with Crippen LogP contribution in [0.25, 0.3) is 0 Å². The van der Waals surface area contributed by atoms with Crippen molar-refractivity contribution in [2.75, 3.05) is 19.6 Å². The zero-order valence-corrected chi connectivity index (χ0v) is 14.5. The average molecular weight is 345 g/mol. The third-order valence-corrected chi connectivity index (χ3v) is 5.50. The molecule has 2 fully saturated rings. The first-order valence-electron chi connectivity index (χ1n) is 9.19. The van der Waals surface area contributed by atoms with Gasteiger partial charge in [-0.2, -0.15) is 0 Å². The van der Waals surface area contributed by atoms with E-state index in [2.05, 4.69) is 29.6 Å². The SMILES string of the molecule is O=C(C[C@@H]1CCCN[C@@H]1C(=O)N1CCC(c2ccccc2)CC1)NO. The summed E-state index contributed by atoms with van der Waals surface area (Å²) in [6.45, 7) is 2.32. The van der Waals surface area contributed by atoms with Crippen LogP contribution in [0.5, 0.6) is 0 Å². The van der Waals surface area contributed by atoms with Gasteiger partial charge in [0.25, 0.3) is 0 Å². The van der Waals surface area contributed by atoms with Crippen LogP contribution in [0.4, 0.5) is 0 Å². The van der Waals surface area contributed by atoms with Gasteiger partial charge in [-0.1, -0.05) is 30.3 Å². The molecule has 0 saturated carbocycles. The molecule has 0 aromatic heterocycles. The minimum atomic E-state index is -0.422. The minimum Gasteiger partial charge on any atom is -0.341 e. The van der Waals surface area contributed by atoms with Gasteiger partial charge in [-0.05, 0) is 49.6 Å². The molecule has 2 atom stereocenters. The molecule has 0 bridgehead atoms. The highest BCUT2D eigenvalue weighted by atomic mass is 16.5. The molecule has 1 aromatic rings. The highest BCUT2D eigenvalue weighted by molar-refractivity contribution is 5.84. The molecule has 0 radical (unpaired) electrons. The van der Waals surface area contributed by atoms with E-state index in [9.17, 15) is 9.59 Å². The van der Waals surface area contributed by atoms with E-state index in [1.165, 1.54) is 5.56 Å². The molecule has 2 saturated heterocycles. The van der Waals surface area contributed by atoms with E-state index in [0.29, 0.717) is 5.92 Å². The molecule has 1 aromatic carbocycles. The number of rotatable bonds is 4. The zero-order chi connectivity index (χ0) is 17.6. The predicted octanol–water partition coefficient (Wildman–Crippen LogP) is 1.66. The second-order valence-corrected chi connectivity index (χ2v) is 7.08. The van der Waals surface area contributed by atoms with Gasteiger partial charge in [-0.25, -0.2) is 5.48 Å². The van der Waals surface area contributed by atoms with Crippen molar-refractivity contribution >= 4 is 11.8 Å². The van der Waals surface area contributed by atoms with Crippen LogP contribution in [0.2, 0.25) is 0 Å². The molecule has 2 aliphatic heterocycles. The molecule has 6 heteroatoms. The van der Waals surface area contributed by atoms with E-state index >= 15 is 0 Å². The molecular weight excluding hydrogens is 318 g/mol. The van der Waals surface area contributed by atoms with Crippen molar-refractivity contribution in [3.63, 3.8) is 0 Å². The van der Waals surface area contributed by atoms with E-state index in [1.54, 1.807) is 5.48 Å². The monoisotopic (exact) mass is 345 g/mol. The number of hydrogen-bond donors (Lipinski definition) is 3. The Morgan fingerprint density at radius 2 is 1.88 bits per heavy atom. The topological polar surface area (TPSA) is 81.7 Å². The van der Waals surface area contributed by atoms with Crippen LogP contribution < -0.4 is 10.8 Å². The molecule has 25 heavy (non-hydrogen) atoms. The summed E-state index contributed by atoms with van der Waals surface area (Å²) in [5.41, 5.74) is 3.03. The van der Waals surface area contributed by atoms with Crippen molar-refractivity contribution in [2.45, 2.75) is 44.1 Å². The predicted molar refractivity (Wildman–Crippen MR) is 94.1 cm³/mol. The molecule has 0 spiro atoms. The molecule has 0 unspecified atom stereocenters. The molecule has 3 rings (SSSR count). The summed E-state index contributed by atoms with van der Waals surface area (Å²) < 4.78 is 0. The molecule has 2 aliphatic rings. The Hall–Kier alpha value is -1.92. The maximum absolute atomic E-state index is 12.9. The highest BCUT2D eigenvalue weighted by Gasteiger charge is 2.36. The third kappa shape index (κ3) is 4.38. The summed E-state index contributed by atoms with van der Waals surface area (Å²) in [5, 5.41) is 12.0. The fourth-order valence-electron chi connectivity index (χ4n) is 4.10. The lowest BCUT2D eigenvalue weighted by molar-refractivity contribution is -0.138. The number of nitrogens with zero attached hydrogens (tertiary/aromatic N) is 1. The number of piperidine rings is 2. The van der Waals surface area contributed by atoms with Gasteiger partial charge in [0.1, 0.15) is 0 Å². The first-order valence-corrected chi connectivity index (χ1v) is 9.19. The molecular formula is C19H27N3O3. The van der Waals surface area contributed by atoms with E-state index in [-0.39, 0.29) is 24.3 Å². The smallest absolute Gasteiger partial charge is 0.243 e. The van der Waals surface area contributed by atoms with Gasteiger partial charge in [-0.15, -0.1) is 0 Å². The number of hydrogen-bond acceptors (Lipinski definition) is 4. The molecule has 6 nitrogen and oxygen atoms in total. The number of carbonyl (C=O) groups excluding carboxylic acids is 2. The Balaban J connectivity index is 1.58. The van der Waals surface area contributed by atoms with Crippen LogP contribution in [-0.4, -0.2) is 47.6 Å². The first kappa shape index (κ1) is 17.9. The Kier molecular flexibility index (Phi) is 6.04. The first-order chi connectivity index (χ1) is 12.2. The number of nitrogens with one attached hydrogen (secondary N) is 2. The van der Waals surface area contributed by atoms with Crippen molar-refractivity contribution in [2.24, 2.45) is 5.92 Å². The standard InChI is InChI=1S/C19H27N3O3/c23-17(21-25)13-16-7-4-10-20-18(16)19(24)22-11-8-15(9-12-22)14-5-2-1-3-6-14/h1-3,5-6,15-16,18,20,25H,4,7-13H2,(H,21,23)/t16-,18-/m0/s1. The number of likely N-dealkylation sites (tertiary alicyclic amines) is 1. The number of benzene rings is 1. The van der Waals surface area contributed by atoms with Gasteiger partial charge >= 0.3 is 0 Å². The number of carbonyl (C=O) groups is 2. The van der Waals surface area contributed by atoms with Gasteiger partial charge < -0.3 is 10.2 Å². The van der Waals surface area contributed by atoms with Crippen LogP contribution >= 0.6 is 0 Å². The number of hydroxylamine groups is 1. The summed E-state index contributed by atoms with van der Waals surface area (Å²) in [6.07, 6.45) is 3.91. The Morgan fingerprint density at radius 1 is 1.16 bits per heavy atom. The minimum absolute atomic E-state index is 0.0553. The van der Waals surface area contributed by atoms with Crippen LogP contribution in [0.1, 0.15) is 43.6 Å². The van der Waals surface area contributed by atoms with Gasteiger partial charge in [-0.3, -0.25) is 14.8 Å². The summed E-state index contributed by atoms with van der Waals surface area (Å²) >= 11 is 0. The lowest BCUT2D eigenvalue weighted by Crippen LogP contribution is -2.55. The fraction of sp³-hybridized carbons (Fsp3) is 0.579. The quantitative estimate of drug-likeness (QED) is 0.573. The molecule has 2 amide bonds. The number of amides is 2. The maximum Gasteiger partial charge on any atom is 0.243 e. The van der Waals surface area contributed by atoms with Crippen LogP contribution in [0, 0.1) is 5.92 Å². The highest BCUT2D eigenvalue weighted by Crippen LogP contribution is 2.29. The molecule has 0 aliphatic carbocycles. The normalized spacial score (nSPS) is 24.8. The summed E-state index contributed by atoms with van der Waals surface area (Å²) in [4.78, 5) is 26.4. The second kappa shape index (κ2) is 8.45. The third-order valence-electron chi connectivity index (χ3n) is 5.50. The maximum atomic E-state index is 12.9. The van der Waals surface area contributed by atoms with Gasteiger partial charge in [0.15, 0.2) is 0 Å². The summed E-state index contributed by atoms with van der Waals surface area (Å²) in [5.74, 6) is 0.136. The van der Waals surface area contributed by atoms with Crippen LogP contribution in [0.15, 0.2) is 30.3 Å².